The number of nitrogens with one attached hydrogen (secondary N) is 1. The molecule has 11 heavy (non-hydrogen) atoms. The van der Waals surface area contributed by atoms with Crippen molar-refractivity contribution in [3.8, 4) is 0 Å². The van der Waals surface area contributed by atoms with Crippen LogP contribution in [-0.4, -0.2) is 13.3 Å². The Balaban J connectivity index is 0.000000461. The van der Waals surface area contributed by atoms with Crippen molar-refractivity contribution in [2.75, 3.05) is 12.8 Å². The number of hydrogen-bond acceptors (Lipinski definition) is 3. The van der Waals surface area contributed by atoms with Crippen LogP contribution in [0.15, 0.2) is 24.3 Å². The zero-order valence-electron chi connectivity index (χ0n) is 6.54. The van der Waals surface area contributed by atoms with Gasteiger partial charge in [-0.3, -0.25) is 0 Å². The molecule has 0 aliphatic heterocycles. The Kier molecular flexibility index (Phi) is 4.77. The molecule has 3 heteroatoms. The lowest BCUT2D eigenvalue weighted by Gasteiger charge is -1.94. The molecule has 1 aromatic rings. The average molecular weight is 151 g/mol. The summed E-state index contributed by atoms with van der Waals surface area (Å²) in [5.74, 6) is 0. The molecule has 0 spiro atoms. The summed E-state index contributed by atoms with van der Waals surface area (Å²) in [5, 5.41) is 6.88. The van der Waals surface area contributed by atoms with Gasteiger partial charge in [-0.25, -0.2) is 0 Å². The summed E-state index contributed by atoms with van der Waals surface area (Å²) in [5.41, 5.74) is 11.4. The quantitative estimate of drug-likeness (QED) is 0.411. The molecule has 0 bridgehead atoms. The third-order valence-electron chi connectivity index (χ3n) is 1.15. The Morgan fingerprint density at radius 1 is 1.27 bits per heavy atom. The van der Waals surface area contributed by atoms with Crippen LogP contribution in [0.1, 0.15) is 5.56 Å². The maximum atomic E-state index is 6.88. The minimum absolute atomic E-state index is 0.660. The third-order valence-corrected chi connectivity index (χ3v) is 1.15. The lowest BCUT2D eigenvalue weighted by Crippen LogP contribution is -1.90. The van der Waals surface area contributed by atoms with E-state index in [1.807, 2.05) is 18.2 Å². The molecule has 0 heterocycles. The van der Waals surface area contributed by atoms with Crippen molar-refractivity contribution in [2.45, 2.75) is 0 Å². The lowest BCUT2D eigenvalue weighted by molar-refractivity contribution is 1.48. The molecule has 0 aromatic heterocycles. The van der Waals surface area contributed by atoms with Crippen molar-refractivity contribution in [3.63, 3.8) is 0 Å². The van der Waals surface area contributed by atoms with Crippen molar-refractivity contribution in [1.29, 1.82) is 5.41 Å². The van der Waals surface area contributed by atoms with E-state index in [1.165, 1.54) is 13.3 Å². The van der Waals surface area contributed by atoms with Crippen molar-refractivity contribution in [3.05, 3.63) is 29.8 Å². The van der Waals surface area contributed by atoms with E-state index < -0.39 is 0 Å². The number of anilines is 1. The Morgan fingerprint density at radius 2 is 1.82 bits per heavy atom. The van der Waals surface area contributed by atoms with E-state index in [0.717, 1.165) is 5.56 Å². The largest absolute Gasteiger partial charge is 0.398 e. The van der Waals surface area contributed by atoms with Gasteiger partial charge in [-0.1, -0.05) is 18.2 Å². The maximum Gasteiger partial charge on any atom is 0.0402 e. The lowest BCUT2D eigenvalue weighted by atomic mass is 10.2. The number of para-hydroxylation sites is 1. The van der Waals surface area contributed by atoms with Gasteiger partial charge in [-0.2, -0.15) is 0 Å². The third kappa shape index (κ3) is 2.82. The summed E-state index contributed by atoms with van der Waals surface area (Å²) in [6.45, 7) is 0. The van der Waals surface area contributed by atoms with Crippen LogP contribution < -0.4 is 11.5 Å². The van der Waals surface area contributed by atoms with Crippen LogP contribution in [0.25, 0.3) is 0 Å². The highest BCUT2D eigenvalue weighted by Gasteiger charge is 1.88. The monoisotopic (exact) mass is 151 g/mol. The molecule has 0 fully saturated rings. The predicted octanol–water partition coefficient (Wildman–Crippen LogP) is 0.841. The number of nitrogen functional groups attached to an aromatic ring is 1. The van der Waals surface area contributed by atoms with Crippen LogP contribution in [-0.2, 0) is 0 Å². The first-order valence-electron chi connectivity index (χ1n) is 3.27. The molecular formula is C8H13N3. The van der Waals surface area contributed by atoms with E-state index in [-0.39, 0.29) is 0 Å². The molecular weight excluding hydrogens is 138 g/mol. The summed E-state index contributed by atoms with van der Waals surface area (Å²) >= 11 is 0. The van der Waals surface area contributed by atoms with E-state index in [1.54, 1.807) is 6.07 Å². The normalized spacial score (nSPS) is 7.82. The smallest absolute Gasteiger partial charge is 0.0402 e. The molecule has 1 aromatic carbocycles. The van der Waals surface area contributed by atoms with E-state index in [4.69, 9.17) is 11.1 Å². The zero-order valence-corrected chi connectivity index (χ0v) is 6.54. The molecule has 0 aliphatic carbocycles. The van der Waals surface area contributed by atoms with Gasteiger partial charge in [0.1, 0.15) is 0 Å². The Morgan fingerprint density at radius 3 is 2.18 bits per heavy atom. The highest BCUT2D eigenvalue weighted by atomic mass is 14.6. The molecule has 0 aliphatic rings. The van der Waals surface area contributed by atoms with Crippen LogP contribution in [0.4, 0.5) is 5.69 Å². The van der Waals surface area contributed by atoms with Gasteiger partial charge in [0.15, 0.2) is 0 Å². The molecule has 3 nitrogen and oxygen atoms in total. The Bertz CT molecular complexity index is 220. The number of nitrogens with two attached hydrogens (primary N) is 2. The number of hydrogen-bond donors (Lipinski definition) is 3. The SMILES string of the molecule is CN.N=Cc1ccccc1N. The second-order valence-electron chi connectivity index (χ2n) is 1.77. The summed E-state index contributed by atoms with van der Waals surface area (Å²) in [7, 11) is 1.50. The van der Waals surface area contributed by atoms with Crippen molar-refractivity contribution in [2.24, 2.45) is 5.73 Å². The fourth-order valence-corrected chi connectivity index (χ4v) is 0.642. The minimum atomic E-state index is 0.660. The second-order valence-corrected chi connectivity index (χ2v) is 1.77. The molecule has 0 saturated carbocycles. The topological polar surface area (TPSA) is 75.9 Å². The van der Waals surface area contributed by atoms with E-state index >= 15 is 0 Å². The molecule has 0 unspecified atom stereocenters. The molecule has 0 radical (unpaired) electrons. The number of benzene rings is 1. The first-order chi connectivity index (χ1) is 5.34. The Labute approximate surface area is 66.5 Å². The minimum Gasteiger partial charge on any atom is -0.398 e. The molecule has 5 N–H and O–H groups in total. The van der Waals surface area contributed by atoms with Gasteiger partial charge in [0.05, 0.1) is 0 Å². The highest BCUT2D eigenvalue weighted by molar-refractivity contribution is 5.84. The first kappa shape index (κ1) is 9.65. The maximum absolute atomic E-state index is 6.88. The standard InChI is InChI=1S/C7H8N2.CH5N/c8-5-6-3-1-2-4-7(6)9;1-2/h1-5,8H,9H2;2H2,1H3. The van der Waals surface area contributed by atoms with Gasteiger partial charge in [0.25, 0.3) is 0 Å². The fourth-order valence-electron chi connectivity index (χ4n) is 0.642. The average Bonchev–Trinajstić information content (AvgIpc) is 2.09. The number of rotatable bonds is 1. The molecule has 1 rings (SSSR count). The Hall–Kier alpha value is -1.35. The first-order valence-corrected chi connectivity index (χ1v) is 3.27. The van der Waals surface area contributed by atoms with Gasteiger partial charge >= 0.3 is 0 Å². The van der Waals surface area contributed by atoms with Crippen LogP contribution in [0.5, 0.6) is 0 Å². The van der Waals surface area contributed by atoms with Crippen molar-refractivity contribution in [1.82, 2.24) is 0 Å². The van der Waals surface area contributed by atoms with Crippen LogP contribution in [0.2, 0.25) is 0 Å². The van der Waals surface area contributed by atoms with Gasteiger partial charge < -0.3 is 16.9 Å². The molecule has 60 valence electrons. The highest BCUT2D eigenvalue weighted by Crippen LogP contribution is 2.05. The zero-order chi connectivity index (χ0) is 8.69. The summed E-state index contributed by atoms with van der Waals surface area (Å²) in [6, 6.07) is 7.29. The van der Waals surface area contributed by atoms with E-state index in [9.17, 15) is 0 Å². The summed E-state index contributed by atoms with van der Waals surface area (Å²) in [6.07, 6.45) is 1.25. The predicted molar refractivity (Wildman–Crippen MR) is 48.9 cm³/mol. The summed E-state index contributed by atoms with van der Waals surface area (Å²) in [4.78, 5) is 0. The van der Waals surface area contributed by atoms with Crippen molar-refractivity contribution >= 4 is 11.9 Å². The van der Waals surface area contributed by atoms with Gasteiger partial charge in [-0.15, -0.1) is 0 Å². The van der Waals surface area contributed by atoms with Crippen LogP contribution in [0, 0.1) is 5.41 Å². The van der Waals surface area contributed by atoms with Crippen LogP contribution in [0.3, 0.4) is 0 Å². The van der Waals surface area contributed by atoms with Crippen LogP contribution >= 0.6 is 0 Å². The second kappa shape index (κ2) is 5.44. The molecule has 0 saturated heterocycles. The van der Waals surface area contributed by atoms with Gasteiger partial charge in [-0.05, 0) is 13.1 Å². The molecule has 0 amide bonds. The fraction of sp³-hybridized carbons (Fsp3) is 0.125. The van der Waals surface area contributed by atoms with Crippen molar-refractivity contribution < 1.29 is 0 Å². The van der Waals surface area contributed by atoms with Gasteiger partial charge in [0, 0.05) is 17.5 Å². The molecule has 0 atom stereocenters. The van der Waals surface area contributed by atoms with Gasteiger partial charge in [0.2, 0.25) is 0 Å². The van der Waals surface area contributed by atoms with E-state index in [2.05, 4.69) is 5.73 Å². The summed E-state index contributed by atoms with van der Waals surface area (Å²) < 4.78 is 0. The van der Waals surface area contributed by atoms with E-state index in [0.29, 0.717) is 5.69 Å².